The van der Waals surface area contributed by atoms with Crippen LogP contribution in [0.2, 0.25) is 0 Å². The second kappa shape index (κ2) is 15.7. The van der Waals surface area contributed by atoms with Gasteiger partial charge in [-0.05, 0) is 96.7 Å². The summed E-state index contributed by atoms with van der Waals surface area (Å²) in [6.07, 6.45) is 4.80. The minimum Gasteiger partial charge on any atom is -0.321 e. The molecular weight excluding hydrogens is 656 g/mol. The number of nitrogens with zero attached hydrogens (tertiary/aromatic N) is 1. The average molecular weight is 695 g/mol. The van der Waals surface area contributed by atoms with Crippen LogP contribution in [0.25, 0.3) is 6.08 Å². The average Bonchev–Trinajstić information content (AvgIpc) is 3.44. The number of rotatable bonds is 10. The van der Waals surface area contributed by atoms with Crippen molar-refractivity contribution in [2.24, 2.45) is 11.3 Å². The lowest BCUT2D eigenvalue weighted by Gasteiger charge is -2.33. The Hall–Kier alpha value is -4.72. The van der Waals surface area contributed by atoms with E-state index in [0.717, 1.165) is 29.7 Å². The standard InChI is InChI=1S/C39H39FN4O3S2/c1-5-33(37(47)44-38-31(23-41)30-19-16-26(39(2,3)4)21-34(30)49-38)48-29-13-9-12-28(22-29)42-36(46)32(20-24-14-17-27(40)18-15-24)43-35(45)25-10-7-6-8-11-25/h6-15,17-18,20,22,26,33H,5,16,19,21H2,1-4H3,(H,42,46)(H,43,45)(H,44,47)/b32-20+. The van der Waals surface area contributed by atoms with Gasteiger partial charge in [-0.25, -0.2) is 4.39 Å². The third-order valence-corrected chi connectivity index (χ3v) is 11.1. The number of benzene rings is 3. The van der Waals surface area contributed by atoms with Crippen LogP contribution in [0.15, 0.2) is 89.5 Å². The molecule has 7 nitrogen and oxygen atoms in total. The molecule has 5 rings (SSSR count). The van der Waals surface area contributed by atoms with Gasteiger partial charge in [0.25, 0.3) is 11.8 Å². The molecule has 10 heteroatoms. The Morgan fingerprint density at radius 2 is 1.78 bits per heavy atom. The Labute approximate surface area is 295 Å². The minimum atomic E-state index is -0.570. The van der Waals surface area contributed by atoms with Gasteiger partial charge in [-0.2, -0.15) is 5.26 Å². The number of hydrogen-bond donors (Lipinski definition) is 3. The molecule has 0 radical (unpaired) electrons. The van der Waals surface area contributed by atoms with E-state index in [1.807, 2.05) is 13.0 Å². The molecule has 3 aromatic carbocycles. The lowest BCUT2D eigenvalue weighted by Crippen LogP contribution is -2.30. The molecule has 0 fully saturated rings. The first-order valence-electron chi connectivity index (χ1n) is 16.2. The highest BCUT2D eigenvalue weighted by molar-refractivity contribution is 8.00. The molecule has 4 aromatic rings. The summed E-state index contributed by atoms with van der Waals surface area (Å²) in [5, 5.41) is 18.8. The van der Waals surface area contributed by atoms with Crippen molar-refractivity contribution < 1.29 is 18.8 Å². The number of hydrogen-bond acceptors (Lipinski definition) is 6. The molecule has 252 valence electrons. The molecule has 1 aliphatic rings. The minimum absolute atomic E-state index is 0.0231. The summed E-state index contributed by atoms with van der Waals surface area (Å²) in [6.45, 7) is 8.69. The van der Waals surface area contributed by atoms with Gasteiger partial charge in [0.2, 0.25) is 5.91 Å². The van der Waals surface area contributed by atoms with Crippen LogP contribution in [0.1, 0.15) is 72.5 Å². The maximum Gasteiger partial charge on any atom is 0.272 e. The van der Waals surface area contributed by atoms with E-state index < -0.39 is 22.9 Å². The van der Waals surface area contributed by atoms with Crippen LogP contribution in [-0.4, -0.2) is 23.0 Å². The zero-order valence-corrected chi connectivity index (χ0v) is 29.6. The fraction of sp³-hybridized carbons (Fsp3) is 0.282. The molecule has 0 aliphatic heterocycles. The predicted molar refractivity (Wildman–Crippen MR) is 196 cm³/mol. The maximum absolute atomic E-state index is 13.5. The zero-order valence-electron chi connectivity index (χ0n) is 27.9. The van der Waals surface area contributed by atoms with Gasteiger partial charge in [-0.1, -0.05) is 64.1 Å². The van der Waals surface area contributed by atoms with Crippen molar-refractivity contribution in [1.29, 1.82) is 5.26 Å². The van der Waals surface area contributed by atoms with Crippen molar-refractivity contribution in [2.75, 3.05) is 10.6 Å². The molecule has 1 aromatic heterocycles. The summed E-state index contributed by atoms with van der Waals surface area (Å²) in [7, 11) is 0. The van der Waals surface area contributed by atoms with Crippen LogP contribution in [0.4, 0.5) is 15.1 Å². The topological polar surface area (TPSA) is 111 Å². The summed E-state index contributed by atoms with van der Waals surface area (Å²) in [5.41, 5.74) is 3.17. The van der Waals surface area contributed by atoms with Crippen LogP contribution < -0.4 is 16.0 Å². The van der Waals surface area contributed by atoms with Crippen LogP contribution in [0.5, 0.6) is 0 Å². The lowest BCUT2D eigenvalue weighted by molar-refractivity contribution is -0.116. The molecule has 0 saturated carbocycles. The molecule has 49 heavy (non-hydrogen) atoms. The highest BCUT2D eigenvalue weighted by Gasteiger charge is 2.33. The molecule has 2 unspecified atom stereocenters. The molecule has 2 atom stereocenters. The van der Waals surface area contributed by atoms with Gasteiger partial charge in [-0.15, -0.1) is 23.1 Å². The van der Waals surface area contributed by atoms with Crippen molar-refractivity contribution in [1.82, 2.24) is 5.32 Å². The van der Waals surface area contributed by atoms with E-state index in [0.29, 0.717) is 39.7 Å². The number of carbonyl (C=O) groups excluding carboxylic acids is 3. The number of nitrogens with one attached hydrogen (secondary N) is 3. The van der Waals surface area contributed by atoms with Crippen molar-refractivity contribution in [3.63, 3.8) is 0 Å². The number of thioether (sulfide) groups is 1. The Bertz CT molecular complexity index is 1910. The SMILES string of the molecule is CCC(Sc1cccc(NC(=O)/C(=C\c2ccc(F)cc2)NC(=O)c2ccccc2)c1)C(=O)Nc1sc2c(c1C#N)CCC(C(C)(C)C)C2. The Balaban J connectivity index is 1.29. The fourth-order valence-electron chi connectivity index (χ4n) is 5.72. The molecule has 3 amide bonds. The number of anilines is 2. The fourth-order valence-corrected chi connectivity index (χ4v) is 8.02. The van der Waals surface area contributed by atoms with Crippen LogP contribution in [0, 0.1) is 28.5 Å². The van der Waals surface area contributed by atoms with Gasteiger partial charge >= 0.3 is 0 Å². The van der Waals surface area contributed by atoms with Crippen molar-refractivity contribution >= 4 is 57.6 Å². The highest BCUT2D eigenvalue weighted by atomic mass is 32.2. The molecule has 1 aliphatic carbocycles. The number of nitriles is 1. The van der Waals surface area contributed by atoms with E-state index in [2.05, 4.69) is 42.8 Å². The van der Waals surface area contributed by atoms with E-state index in [4.69, 9.17) is 0 Å². The second-order valence-electron chi connectivity index (χ2n) is 13.0. The van der Waals surface area contributed by atoms with Crippen LogP contribution >= 0.6 is 23.1 Å². The van der Waals surface area contributed by atoms with E-state index >= 15 is 0 Å². The van der Waals surface area contributed by atoms with Gasteiger partial charge in [0.05, 0.1) is 10.8 Å². The molecule has 0 spiro atoms. The summed E-state index contributed by atoms with van der Waals surface area (Å²) in [6, 6.07) is 23.6. The monoisotopic (exact) mass is 694 g/mol. The number of thiophene rings is 1. The summed E-state index contributed by atoms with van der Waals surface area (Å²) < 4.78 is 13.5. The summed E-state index contributed by atoms with van der Waals surface area (Å²) >= 11 is 2.89. The number of amides is 3. The largest absolute Gasteiger partial charge is 0.321 e. The van der Waals surface area contributed by atoms with Crippen LogP contribution in [-0.2, 0) is 22.4 Å². The van der Waals surface area contributed by atoms with Gasteiger partial charge in [-0.3, -0.25) is 14.4 Å². The Morgan fingerprint density at radius 3 is 2.45 bits per heavy atom. The quantitative estimate of drug-likeness (QED) is 0.114. The van der Waals surface area contributed by atoms with Crippen molar-refractivity contribution in [3.05, 3.63) is 118 Å². The third kappa shape index (κ3) is 9.05. The van der Waals surface area contributed by atoms with Gasteiger partial charge in [0, 0.05) is 21.0 Å². The number of halogens is 1. The maximum atomic E-state index is 13.5. The van der Waals surface area contributed by atoms with Gasteiger partial charge in [0.1, 0.15) is 22.6 Å². The summed E-state index contributed by atoms with van der Waals surface area (Å²) in [4.78, 5) is 42.0. The lowest BCUT2D eigenvalue weighted by atomic mass is 9.72. The van der Waals surface area contributed by atoms with E-state index in [1.165, 1.54) is 58.3 Å². The molecule has 0 bridgehead atoms. The number of carbonyl (C=O) groups is 3. The van der Waals surface area contributed by atoms with E-state index in [1.54, 1.807) is 48.5 Å². The van der Waals surface area contributed by atoms with Gasteiger partial charge < -0.3 is 16.0 Å². The number of fused-ring (bicyclic) bond motifs is 1. The molecular formula is C39H39FN4O3S2. The summed E-state index contributed by atoms with van der Waals surface area (Å²) in [5.74, 6) is -1.11. The van der Waals surface area contributed by atoms with Crippen molar-refractivity contribution in [2.45, 2.75) is 63.5 Å². The Morgan fingerprint density at radius 1 is 1.04 bits per heavy atom. The van der Waals surface area contributed by atoms with Crippen molar-refractivity contribution in [3.8, 4) is 6.07 Å². The van der Waals surface area contributed by atoms with E-state index in [-0.39, 0.29) is 17.0 Å². The smallest absolute Gasteiger partial charge is 0.272 e. The zero-order chi connectivity index (χ0) is 35.1. The first-order valence-corrected chi connectivity index (χ1v) is 17.9. The first-order chi connectivity index (χ1) is 23.4. The molecule has 0 saturated heterocycles. The van der Waals surface area contributed by atoms with E-state index in [9.17, 15) is 24.0 Å². The van der Waals surface area contributed by atoms with Crippen LogP contribution in [0.3, 0.4) is 0 Å². The second-order valence-corrected chi connectivity index (χ2v) is 15.4. The first kappa shape index (κ1) is 35.6. The normalized spacial score (nSPS) is 15.0. The third-order valence-electron chi connectivity index (χ3n) is 8.58. The van der Waals surface area contributed by atoms with Gasteiger partial charge in [0.15, 0.2) is 0 Å². The predicted octanol–water partition coefficient (Wildman–Crippen LogP) is 8.83. The molecule has 3 N–H and O–H groups in total. The Kier molecular flexibility index (Phi) is 11.4. The molecule has 1 heterocycles. The highest BCUT2D eigenvalue weighted by Crippen LogP contribution is 2.44.